The predicted octanol–water partition coefficient (Wildman–Crippen LogP) is -3.20. The van der Waals surface area contributed by atoms with Crippen molar-refractivity contribution < 1.29 is 66.1 Å². The zero-order valence-electron chi connectivity index (χ0n) is 11.2. The zero-order valence-corrected chi connectivity index (χ0v) is 14.8. The maximum Gasteiger partial charge on any atom is 1.00 e. The van der Waals surface area contributed by atoms with Gasteiger partial charge in [0.25, 0.3) is 20.2 Å². The Morgan fingerprint density at radius 2 is 1.27 bits per heavy atom. The van der Waals surface area contributed by atoms with E-state index in [4.69, 9.17) is 14.8 Å². The summed E-state index contributed by atoms with van der Waals surface area (Å²) in [5, 5.41) is 9.66. The summed E-state index contributed by atoms with van der Waals surface area (Å²) in [7, 11) is -9.14. The quantitative estimate of drug-likeness (QED) is 0.245. The van der Waals surface area contributed by atoms with Gasteiger partial charge in [0, 0.05) is 17.1 Å². The molecule has 0 spiro atoms. The monoisotopic (exact) mass is 360 g/mol. The number of hydrogen-bond donors (Lipinski definition) is 4. The second-order valence-corrected chi connectivity index (χ2v) is 6.85. The van der Waals surface area contributed by atoms with Gasteiger partial charge in [0.15, 0.2) is 0 Å². The molecule has 0 aliphatic heterocycles. The second-order valence-electron chi connectivity index (χ2n) is 4.00. The van der Waals surface area contributed by atoms with Crippen molar-refractivity contribution >= 4 is 36.7 Å². The molecule has 116 valence electrons. The van der Waals surface area contributed by atoms with E-state index in [2.05, 4.69) is 0 Å². The van der Waals surface area contributed by atoms with E-state index in [9.17, 15) is 21.9 Å². The molecule has 0 aromatic heterocycles. The minimum absolute atomic E-state index is 0. The molecule has 2 rings (SSSR count). The number of hydrogen-bond acceptors (Lipinski definition) is 6. The van der Waals surface area contributed by atoms with E-state index in [1.165, 1.54) is 0 Å². The molecule has 0 fully saturated rings. The van der Waals surface area contributed by atoms with Gasteiger partial charge < -0.3 is 16.3 Å². The minimum Gasteiger partial charge on any atom is -0.507 e. The van der Waals surface area contributed by atoms with Crippen LogP contribution in [0, 0.1) is 0 Å². The van der Waals surface area contributed by atoms with Gasteiger partial charge in [-0.3, -0.25) is 9.11 Å². The van der Waals surface area contributed by atoms with Gasteiger partial charge in [-0.05, 0) is 23.6 Å². The van der Waals surface area contributed by atoms with E-state index in [0.717, 1.165) is 24.3 Å². The fourth-order valence-corrected chi connectivity index (χ4v) is 2.86. The van der Waals surface area contributed by atoms with E-state index in [1.807, 2.05) is 0 Å². The Bertz CT molecular complexity index is 851. The molecular formula is C10H11NNaO8S2+. The van der Waals surface area contributed by atoms with Crippen LogP contribution in [0.15, 0.2) is 34.1 Å². The summed E-state index contributed by atoms with van der Waals surface area (Å²) >= 11 is 0. The molecule has 2 aromatic carbocycles. The molecule has 22 heavy (non-hydrogen) atoms. The number of benzene rings is 2. The number of rotatable bonds is 2. The van der Waals surface area contributed by atoms with E-state index < -0.39 is 35.8 Å². The van der Waals surface area contributed by atoms with E-state index in [-0.39, 0.29) is 51.5 Å². The van der Waals surface area contributed by atoms with Crippen LogP contribution in [0.2, 0.25) is 0 Å². The Hall–Kier alpha value is -0.920. The average Bonchev–Trinajstić information content (AvgIpc) is 2.25. The first-order chi connectivity index (χ1) is 9.00. The van der Waals surface area contributed by atoms with E-state index in [1.54, 1.807) is 0 Å². The van der Waals surface area contributed by atoms with Gasteiger partial charge in [0.2, 0.25) is 0 Å². The molecule has 0 aliphatic carbocycles. The first-order valence-electron chi connectivity index (χ1n) is 5.01. The summed E-state index contributed by atoms with van der Waals surface area (Å²) in [6.07, 6.45) is 0. The van der Waals surface area contributed by atoms with Crippen LogP contribution >= 0.6 is 0 Å². The zero-order chi connectivity index (χ0) is 15.3. The molecule has 7 N–H and O–H groups in total. The van der Waals surface area contributed by atoms with Crippen molar-refractivity contribution in [2.24, 2.45) is 0 Å². The van der Waals surface area contributed by atoms with Crippen molar-refractivity contribution in [2.75, 3.05) is 5.73 Å². The minimum atomic E-state index is -4.59. The molecule has 12 heteroatoms. The van der Waals surface area contributed by atoms with Crippen LogP contribution in [0.4, 0.5) is 5.69 Å². The number of aromatic hydroxyl groups is 1. The molecule has 0 saturated carbocycles. The van der Waals surface area contributed by atoms with Gasteiger partial charge in [0.05, 0.1) is 9.79 Å². The van der Waals surface area contributed by atoms with E-state index >= 15 is 0 Å². The van der Waals surface area contributed by atoms with Gasteiger partial charge >= 0.3 is 29.6 Å². The molecular weight excluding hydrogens is 349 g/mol. The first kappa shape index (κ1) is 21.1. The number of phenolic OH excluding ortho intramolecular Hbond substituents is 1. The smallest absolute Gasteiger partial charge is 0.507 e. The third kappa shape index (κ3) is 4.08. The fourth-order valence-electron chi connectivity index (χ4n) is 1.77. The molecule has 0 atom stereocenters. The molecule has 0 saturated heterocycles. The van der Waals surface area contributed by atoms with Crippen LogP contribution in [0.5, 0.6) is 5.75 Å². The largest absolute Gasteiger partial charge is 1.00 e. The summed E-state index contributed by atoms with van der Waals surface area (Å²) in [5.74, 6) is -0.547. The van der Waals surface area contributed by atoms with Crippen LogP contribution in [0.25, 0.3) is 10.8 Å². The third-order valence-electron chi connectivity index (χ3n) is 2.60. The van der Waals surface area contributed by atoms with Crippen molar-refractivity contribution in [3.63, 3.8) is 0 Å². The Morgan fingerprint density at radius 1 is 0.864 bits per heavy atom. The molecule has 0 aliphatic rings. The molecule has 0 heterocycles. The first-order valence-corrected chi connectivity index (χ1v) is 7.89. The van der Waals surface area contributed by atoms with Gasteiger partial charge in [-0.25, -0.2) is 0 Å². The maximum absolute atomic E-state index is 11.1. The number of nitrogens with two attached hydrogens (primary N) is 1. The normalized spacial score (nSPS) is 11.5. The molecule has 9 nitrogen and oxygen atoms in total. The van der Waals surface area contributed by atoms with E-state index in [0.29, 0.717) is 0 Å². The van der Waals surface area contributed by atoms with Crippen molar-refractivity contribution in [1.82, 2.24) is 0 Å². The molecule has 0 unspecified atom stereocenters. The molecule has 0 amide bonds. The summed E-state index contributed by atoms with van der Waals surface area (Å²) in [6.45, 7) is 0. The Morgan fingerprint density at radius 3 is 1.68 bits per heavy atom. The van der Waals surface area contributed by atoms with Crippen LogP contribution in [-0.4, -0.2) is 36.5 Å². The second kappa shape index (κ2) is 6.68. The van der Waals surface area contributed by atoms with Crippen LogP contribution in [-0.2, 0) is 20.2 Å². The number of nitrogen functional groups attached to an aromatic ring is 1. The standard InChI is InChI=1S/C10H9NO7S2.Na.H2O/c11-8-3-6(19(13,14)15)1-5-2-7(20(16,17)18)4-9(12)10(5)8;;/h1-4,12H,11H2,(H,13,14,15)(H,16,17,18);;1H2/q;+1;. The molecule has 0 bridgehead atoms. The topological polar surface area (TPSA) is 186 Å². The van der Waals surface area contributed by atoms with Crippen LogP contribution < -0.4 is 35.3 Å². The summed E-state index contributed by atoms with van der Waals surface area (Å²) in [6, 6.07) is 3.55. The SMILES string of the molecule is Nc1cc(S(=O)(=O)O)cc2cc(S(=O)(=O)O)cc(O)c12.O.[Na+]. The Kier molecular flexibility index (Phi) is 6.40. The number of anilines is 1. The summed E-state index contributed by atoms with van der Waals surface area (Å²) < 4.78 is 62.1. The molecule has 2 aromatic rings. The average molecular weight is 360 g/mol. The predicted molar refractivity (Wildman–Crippen MR) is 73.3 cm³/mol. The van der Waals surface area contributed by atoms with Crippen molar-refractivity contribution in [3.8, 4) is 5.75 Å². The fraction of sp³-hybridized carbons (Fsp3) is 0. The summed E-state index contributed by atoms with van der Waals surface area (Å²) in [5.41, 5.74) is 5.39. The number of fused-ring (bicyclic) bond motifs is 1. The summed E-state index contributed by atoms with van der Waals surface area (Å²) in [4.78, 5) is -1.19. The molecule has 0 radical (unpaired) electrons. The van der Waals surface area contributed by atoms with Crippen molar-refractivity contribution in [3.05, 3.63) is 24.3 Å². The van der Waals surface area contributed by atoms with Crippen LogP contribution in [0.3, 0.4) is 0 Å². The van der Waals surface area contributed by atoms with Gasteiger partial charge in [-0.1, -0.05) is 0 Å². The van der Waals surface area contributed by atoms with Gasteiger partial charge in [-0.15, -0.1) is 0 Å². The van der Waals surface area contributed by atoms with Crippen LogP contribution in [0.1, 0.15) is 0 Å². The maximum atomic E-state index is 11.1. The Balaban J connectivity index is 0.00000220. The van der Waals surface area contributed by atoms with Gasteiger partial charge in [-0.2, -0.15) is 16.8 Å². The van der Waals surface area contributed by atoms with Crippen molar-refractivity contribution in [1.29, 1.82) is 0 Å². The van der Waals surface area contributed by atoms with Gasteiger partial charge in [0.1, 0.15) is 5.75 Å². The number of phenols is 1. The Labute approximate surface area is 147 Å². The third-order valence-corrected chi connectivity index (χ3v) is 4.26. The van der Waals surface area contributed by atoms with Crippen molar-refractivity contribution in [2.45, 2.75) is 9.79 Å².